The summed E-state index contributed by atoms with van der Waals surface area (Å²) in [7, 11) is 3.27. The Kier molecular flexibility index (Phi) is 7.25. The third-order valence-electron chi connectivity index (χ3n) is 2.88. The highest BCUT2D eigenvalue weighted by Crippen LogP contribution is 2.27. The fourth-order valence-electron chi connectivity index (χ4n) is 1.82. The van der Waals surface area contributed by atoms with Gasteiger partial charge in [0.15, 0.2) is 0 Å². The van der Waals surface area contributed by atoms with E-state index in [1.807, 2.05) is 18.2 Å². The summed E-state index contributed by atoms with van der Waals surface area (Å²) in [6.45, 7) is 3.53. The van der Waals surface area contributed by atoms with Gasteiger partial charge in [-0.05, 0) is 30.5 Å². The van der Waals surface area contributed by atoms with Crippen LogP contribution in [0.2, 0.25) is 0 Å². The predicted octanol–water partition coefficient (Wildman–Crippen LogP) is 2.02. The Morgan fingerprint density at radius 2 is 1.74 bits per heavy atom. The molecule has 0 saturated heterocycles. The van der Waals surface area contributed by atoms with Crippen molar-refractivity contribution in [1.82, 2.24) is 5.43 Å². The first-order valence-electron chi connectivity index (χ1n) is 6.52. The van der Waals surface area contributed by atoms with Gasteiger partial charge >= 0.3 is 0 Å². The van der Waals surface area contributed by atoms with E-state index in [0.717, 1.165) is 36.5 Å². The Morgan fingerprint density at radius 3 is 2.21 bits per heavy atom. The van der Waals surface area contributed by atoms with E-state index in [1.54, 1.807) is 14.2 Å². The van der Waals surface area contributed by atoms with Crippen molar-refractivity contribution in [3.05, 3.63) is 23.8 Å². The van der Waals surface area contributed by atoms with E-state index < -0.39 is 0 Å². The van der Waals surface area contributed by atoms with Gasteiger partial charge in [-0.3, -0.25) is 11.3 Å². The quantitative estimate of drug-likeness (QED) is 0.407. The normalized spacial score (nSPS) is 12.2. The van der Waals surface area contributed by atoms with Crippen LogP contribution in [0.15, 0.2) is 18.2 Å². The van der Waals surface area contributed by atoms with Crippen molar-refractivity contribution in [2.24, 2.45) is 5.84 Å². The van der Waals surface area contributed by atoms with E-state index in [2.05, 4.69) is 12.3 Å². The summed E-state index contributed by atoms with van der Waals surface area (Å²) in [6.07, 6.45) is 1.82. The first kappa shape index (κ1) is 15.8. The predicted molar refractivity (Wildman–Crippen MR) is 75.3 cm³/mol. The lowest BCUT2D eigenvalue weighted by Gasteiger charge is -2.18. The van der Waals surface area contributed by atoms with Crippen LogP contribution in [0.5, 0.6) is 11.5 Å². The first-order valence-corrected chi connectivity index (χ1v) is 6.52. The second kappa shape index (κ2) is 8.74. The maximum Gasteiger partial charge on any atom is 0.122 e. The standard InChI is InChI=1S/C14H24N2O3/c1-4-6-19-7-5-14(16-15)11-8-12(17-2)10-13(9-11)18-3/h8-10,14,16H,4-7,15H2,1-3H3. The smallest absolute Gasteiger partial charge is 0.122 e. The van der Waals surface area contributed by atoms with Gasteiger partial charge in [-0.2, -0.15) is 0 Å². The van der Waals surface area contributed by atoms with E-state index >= 15 is 0 Å². The van der Waals surface area contributed by atoms with Crippen molar-refractivity contribution in [2.45, 2.75) is 25.8 Å². The molecule has 0 saturated carbocycles. The summed E-state index contributed by atoms with van der Waals surface area (Å²) >= 11 is 0. The Bertz CT molecular complexity index is 349. The molecule has 1 aromatic carbocycles. The molecule has 0 spiro atoms. The average molecular weight is 268 g/mol. The van der Waals surface area contributed by atoms with Gasteiger partial charge < -0.3 is 14.2 Å². The largest absolute Gasteiger partial charge is 0.497 e. The average Bonchev–Trinajstić information content (AvgIpc) is 2.46. The molecule has 1 unspecified atom stereocenters. The molecule has 0 aromatic heterocycles. The minimum atomic E-state index is 0.0147. The number of rotatable bonds is 9. The van der Waals surface area contributed by atoms with Crippen LogP contribution in [0.1, 0.15) is 31.4 Å². The Balaban J connectivity index is 2.73. The van der Waals surface area contributed by atoms with E-state index in [0.29, 0.717) is 6.61 Å². The van der Waals surface area contributed by atoms with Crippen molar-refractivity contribution in [2.75, 3.05) is 27.4 Å². The van der Waals surface area contributed by atoms with Gasteiger partial charge in [-0.25, -0.2) is 0 Å². The molecule has 0 fully saturated rings. The zero-order valence-electron chi connectivity index (χ0n) is 11.9. The van der Waals surface area contributed by atoms with Crippen molar-refractivity contribution >= 4 is 0 Å². The van der Waals surface area contributed by atoms with Gasteiger partial charge in [-0.1, -0.05) is 6.92 Å². The van der Waals surface area contributed by atoms with Gasteiger partial charge in [-0.15, -0.1) is 0 Å². The zero-order chi connectivity index (χ0) is 14.1. The van der Waals surface area contributed by atoms with Crippen LogP contribution in [-0.2, 0) is 4.74 Å². The lowest BCUT2D eigenvalue weighted by atomic mass is 10.0. The fourth-order valence-corrected chi connectivity index (χ4v) is 1.82. The number of methoxy groups -OCH3 is 2. The lowest BCUT2D eigenvalue weighted by molar-refractivity contribution is 0.124. The van der Waals surface area contributed by atoms with Crippen LogP contribution in [0.25, 0.3) is 0 Å². The van der Waals surface area contributed by atoms with Gasteiger partial charge in [0.25, 0.3) is 0 Å². The third-order valence-corrected chi connectivity index (χ3v) is 2.88. The molecular formula is C14H24N2O3. The van der Waals surface area contributed by atoms with Crippen molar-refractivity contribution in [1.29, 1.82) is 0 Å². The highest BCUT2D eigenvalue weighted by molar-refractivity contribution is 5.39. The molecule has 1 rings (SSSR count). The van der Waals surface area contributed by atoms with Crippen LogP contribution in [0, 0.1) is 0 Å². The fraction of sp³-hybridized carbons (Fsp3) is 0.571. The number of hydrogen-bond acceptors (Lipinski definition) is 5. The number of nitrogens with two attached hydrogens (primary N) is 1. The zero-order valence-corrected chi connectivity index (χ0v) is 11.9. The van der Waals surface area contributed by atoms with E-state index in [9.17, 15) is 0 Å². The van der Waals surface area contributed by atoms with Crippen LogP contribution in [-0.4, -0.2) is 27.4 Å². The molecule has 108 valence electrons. The summed E-state index contributed by atoms with van der Waals surface area (Å²) in [5.74, 6) is 7.12. The SMILES string of the molecule is CCCOCCC(NN)c1cc(OC)cc(OC)c1. The molecule has 0 heterocycles. The maximum absolute atomic E-state index is 5.62. The van der Waals surface area contributed by atoms with Gasteiger partial charge in [0.1, 0.15) is 11.5 Å². The molecule has 0 amide bonds. The molecule has 0 aliphatic rings. The monoisotopic (exact) mass is 268 g/mol. The van der Waals surface area contributed by atoms with Crippen molar-refractivity contribution < 1.29 is 14.2 Å². The molecule has 5 nitrogen and oxygen atoms in total. The topological polar surface area (TPSA) is 65.7 Å². The minimum absolute atomic E-state index is 0.0147. The molecule has 0 aliphatic heterocycles. The van der Waals surface area contributed by atoms with Crippen molar-refractivity contribution in [3.8, 4) is 11.5 Å². The van der Waals surface area contributed by atoms with Gasteiger partial charge in [0, 0.05) is 25.3 Å². The second-order valence-electron chi connectivity index (χ2n) is 4.27. The van der Waals surface area contributed by atoms with Gasteiger partial charge in [0.05, 0.1) is 14.2 Å². The number of benzene rings is 1. The molecule has 1 atom stereocenters. The third kappa shape index (κ3) is 5.06. The second-order valence-corrected chi connectivity index (χ2v) is 4.27. The molecular weight excluding hydrogens is 244 g/mol. The highest BCUT2D eigenvalue weighted by Gasteiger charge is 2.12. The first-order chi connectivity index (χ1) is 9.24. The number of hydrogen-bond donors (Lipinski definition) is 2. The van der Waals surface area contributed by atoms with Crippen LogP contribution >= 0.6 is 0 Å². The molecule has 1 aromatic rings. The van der Waals surface area contributed by atoms with E-state index in [-0.39, 0.29) is 6.04 Å². The minimum Gasteiger partial charge on any atom is -0.497 e. The van der Waals surface area contributed by atoms with Crippen LogP contribution in [0.3, 0.4) is 0 Å². The van der Waals surface area contributed by atoms with E-state index in [1.165, 1.54) is 0 Å². The van der Waals surface area contributed by atoms with E-state index in [4.69, 9.17) is 20.1 Å². The molecule has 3 N–H and O–H groups in total. The Hall–Kier alpha value is -1.30. The summed E-state index contributed by atoms with van der Waals surface area (Å²) in [4.78, 5) is 0. The summed E-state index contributed by atoms with van der Waals surface area (Å²) in [5, 5.41) is 0. The van der Waals surface area contributed by atoms with Crippen molar-refractivity contribution in [3.63, 3.8) is 0 Å². The number of ether oxygens (including phenoxy) is 3. The highest BCUT2D eigenvalue weighted by atomic mass is 16.5. The molecule has 19 heavy (non-hydrogen) atoms. The van der Waals surface area contributed by atoms with Crippen LogP contribution in [0.4, 0.5) is 0 Å². The van der Waals surface area contributed by atoms with Gasteiger partial charge in [0.2, 0.25) is 0 Å². The summed E-state index contributed by atoms with van der Waals surface area (Å²) < 4.78 is 16.0. The lowest BCUT2D eigenvalue weighted by Crippen LogP contribution is -2.29. The Morgan fingerprint density at radius 1 is 1.11 bits per heavy atom. The molecule has 0 radical (unpaired) electrons. The molecule has 0 bridgehead atoms. The summed E-state index contributed by atoms with van der Waals surface area (Å²) in [6, 6.07) is 5.76. The number of nitrogens with one attached hydrogen (secondary N) is 1. The molecule has 5 heteroatoms. The Labute approximate surface area is 115 Å². The number of hydrazine groups is 1. The maximum atomic E-state index is 5.62. The van der Waals surface area contributed by atoms with Crippen LogP contribution < -0.4 is 20.7 Å². The molecule has 0 aliphatic carbocycles. The summed E-state index contributed by atoms with van der Waals surface area (Å²) in [5.41, 5.74) is 3.83.